The highest BCUT2D eigenvalue weighted by molar-refractivity contribution is 6.30. The van der Waals surface area contributed by atoms with Gasteiger partial charge in [0.1, 0.15) is 6.17 Å². The zero-order chi connectivity index (χ0) is 21.2. The van der Waals surface area contributed by atoms with Crippen LogP contribution in [0, 0.1) is 0 Å². The summed E-state index contributed by atoms with van der Waals surface area (Å²) < 4.78 is 0. The van der Waals surface area contributed by atoms with Crippen molar-refractivity contribution < 1.29 is 4.79 Å². The van der Waals surface area contributed by atoms with Gasteiger partial charge in [0, 0.05) is 35.2 Å². The Kier molecular flexibility index (Phi) is 5.49. The predicted molar refractivity (Wildman–Crippen MR) is 123 cm³/mol. The van der Waals surface area contributed by atoms with E-state index < -0.39 is 0 Å². The topological polar surface area (TPSA) is 44.4 Å². The molecule has 3 aromatic carbocycles. The Labute approximate surface area is 187 Å². The molecule has 0 spiro atoms. The Hall–Kier alpha value is -3.08. The van der Waals surface area contributed by atoms with Gasteiger partial charge in [-0.3, -0.25) is 9.80 Å². The molecule has 0 aromatic heterocycles. The second-order valence-corrected chi connectivity index (χ2v) is 8.57. The first-order valence-electron chi connectivity index (χ1n) is 10.6. The third-order valence-electron chi connectivity index (χ3n) is 6.02. The smallest absolute Gasteiger partial charge is 0.264 e. The molecule has 0 saturated carbocycles. The van der Waals surface area contributed by atoms with Gasteiger partial charge in [-0.05, 0) is 35.2 Å². The molecule has 1 saturated heterocycles. The van der Waals surface area contributed by atoms with Crippen LogP contribution >= 0.6 is 11.6 Å². The number of nitrogens with zero attached hydrogens (tertiary/aromatic N) is 1. The summed E-state index contributed by atoms with van der Waals surface area (Å²) in [5.41, 5.74) is 8.00. The van der Waals surface area contributed by atoms with E-state index in [1.807, 2.05) is 36.4 Å². The van der Waals surface area contributed by atoms with E-state index in [-0.39, 0.29) is 24.0 Å². The van der Waals surface area contributed by atoms with Crippen molar-refractivity contribution in [3.63, 3.8) is 0 Å². The van der Waals surface area contributed by atoms with Crippen molar-refractivity contribution in [2.24, 2.45) is 0 Å². The molecule has 5 heteroatoms. The summed E-state index contributed by atoms with van der Waals surface area (Å²) in [6, 6.07) is 28.7. The van der Waals surface area contributed by atoms with Crippen LogP contribution in [0.2, 0.25) is 5.02 Å². The number of nitrogens with one attached hydrogen (secondary N) is 2. The number of amides is 1. The SMILES string of the molecule is O=C1C=C(Cc2ccccc2)NC2C(c3ccc(Cl)cc3)C(Cc3ccccc3)NN12. The zero-order valence-corrected chi connectivity index (χ0v) is 17.8. The summed E-state index contributed by atoms with van der Waals surface area (Å²) in [6.45, 7) is 0. The van der Waals surface area contributed by atoms with E-state index >= 15 is 0 Å². The molecular weight excluding hydrogens is 406 g/mol. The van der Waals surface area contributed by atoms with E-state index in [0.29, 0.717) is 11.4 Å². The van der Waals surface area contributed by atoms with Crippen molar-refractivity contribution in [1.82, 2.24) is 15.8 Å². The number of hydrazine groups is 1. The van der Waals surface area contributed by atoms with Gasteiger partial charge in [-0.15, -0.1) is 0 Å². The zero-order valence-electron chi connectivity index (χ0n) is 17.0. The number of hydrogen-bond donors (Lipinski definition) is 2. The number of benzene rings is 3. The molecular formula is C26H24ClN3O. The fourth-order valence-electron chi connectivity index (χ4n) is 4.58. The maximum Gasteiger partial charge on any atom is 0.264 e. The third-order valence-corrected chi connectivity index (χ3v) is 6.27. The molecule has 5 rings (SSSR count). The van der Waals surface area contributed by atoms with Crippen LogP contribution in [0.5, 0.6) is 0 Å². The van der Waals surface area contributed by atoms with Gasteiger partial charge in [-0.2, -0.15) is 0 Å². The fourth-order valence-corrected chi connectivity index (χ4v) is 4.71. The summed E-state index contributed by atoms with van der Waals surface area (Å²) in [4.78, 5) is 13.0. The molecule has 2 aliphatic rings. The molecule has 3 aromatic rings. The molecule has 3 atom stereocenters. The fraction of sp³-hybridized carbons (Fsp3) is 0.192. The van der Waals surface area contributed by atoms with Gasteiger partial charge in [0.25, 0.3) is 5.91 Å². The average molecular weight is 430 g/mol. The Balaban J connectivity index is 1.45. The van der Waals surface area contributed by atoms with Gasteiger partial charge in [0.05, 0.1) is 0 Å². The van der Waals surface area contributed by atoms with Crippen LogP contribution in [-0.2, 0) is 17.6 Å². The van der Waals surface area contributed by atoms with Crippen molar-refractivity contribution in [1.29, 1.82) is 0 Å². The summed E-state index contributed by atoms with van der Waals surface area (Å²) in [5, 5.41) is 6.11. The number of hydrogen-bond acceptors (Lipinski definition) is 3. The molecule has 31 heavy (non-hydrogen) atoms. The van der Waals surface area contributed by atoms with Crippen LogP contribution < -0.4 is 10.7 Å². The maximum absolute atomic E-state index is 13.0. The molecule has 156 valence electrons. The predicted octanol–water partition coefficient (Wildman–Crippen LogP) is 4.44. The lowest BCUT2D eigenvalue weighted by atomic mass is 9.86. The Morgan fingerprint density at radius 3 is 2.16 bits per heavy atom. The van der Waals surface area contributed by atoms with Crippen molar-refractivity contribution >= 4 is 17.5 Å². The monoisotopic (exact) mass is 429 g/mol. The minimum atomic E-state index is -0.161. The second kappa shape index (κ2) is 8.58. The van der Waals surface area contributed by atoms with Gasteiger partial charge in [0.2, 0.25) is 0 Å². The highest BCUT2D eigenvalue weighted by Crippen LogP contribution is 2.35. The standard InChI is InChI=1S/C26H24ClN3O/c27-21-13-11-20(12-14-21)25-23(16-19-9-5-2-6-10-19)29-30-24(31)17-22(28-26(25)30)15-18-7-3-1-4-8-18/h1-14,17,23,25-26,28-29H,15-16H2. The second-order valence-electron chi connectivity index (χ2n) is 8.13. The number of halogens is 1. The lowest BCUT2D eigenvalue weighted by Gasteiger charge is -2.33. The first-order valence-corrected chi connectivity index (χ1v) is 10.9. The quantitative estimate of drug-likeness (QED) is 0.630. The minimum Gasteiger partial charge on any atom is -0.366 e. The lowest BCUT2D eigenvalue weighted by Crippen LogP contribution is -2.53. The molecule has 1 fully saturated rings. The Morgan fingerprint density at radius 1 is 0.839 bits per heavy atom. The van der Waals surface area contributed by atoms with Crippen LogP contribution in [0.25, 0.3) is 0 Å². The van der Waals surface area contributed by atoms with Crippen molar-refractivity contribution in [3.8, 4) is 0 Å². The maximum atomic E-state index is 13.0. The molecule has 2 N–H and O–H groups in total. The summed E-state index contributed by atoms with van der Waals surface area (Å²) in [6.07, 6.45) is 3.07. The largest absolute Gasteiger partial charge is 0.366 e. The van der Waals surface area contributed by atoms with Crippen LogP contribution in [-0.4, -0.2) is 23.1 Å². The van der Waals surface area contributed by atoms with Crippen LogP contribution in [0.3, 0.4) is 0 Å². The van der Waals surface area contributed by atoms with Crippen molar-refractivity contribution in [3.05, 3.63) is 118 Å². The minimum absolute atomic E-state index is 0.00999. The molecule has 1 amide bonds. The highest BCUT2D eigenvalue weighted by atomic mass is 35.5. The number of carbonyl (C=O) groups excluding carboxylic acids is 1. The van der Waals surface area contributed by atoms with Gasteiger partial charge in [0.15, 0.2) is 0 Å². The number of rotatable bonds is 5. The van der Waals surface area contributed by atoms with Crippen molar-refractivity contribution in [2.75, 3.05) is 0 Å². The Morgan fingerprint density at radius 2 is 1.48 bits per heavy atom. The summed E-state index contributed by atoms with van der Waals surface area (Å²) in [7, 11) is 0. The van der Waals surface area contributed by atoms with Crippen LogP contribution in [0.15, 0.2) is 96.7 Å². The lowest BCUT2D eigenvalue weighted by molar-refractivity contribution is -0.131. The molecule has 0 bridgehead atoms. The highest BCUT2D eigenvalue weighted by Gasteiger charge is 2.46. The van der Waals surface area contributed by atoms with E-state index in [2.05, 4.69) is 59.3 Å². The Bertz CT molecular complexity index is 1080. The third kappa shape index (κ3) is 4.22. The van der Waals surface area contributed by atoms with Crippen molar-refractivity contribution in [2.45, 2.75) is 31.0 Å². The van der Waals surface area contributed by atoms with Gasteiger partial charge in [-0.25, -0.2) is 5.43 Å². The molecule has 0 aliphatic carbocycles. The summed E-state index contributed by atoms with van der Waals surface area (Å²) >= 11 is 6.15. The molecule has 4 nitrogen and oxygen atoms in total. The van der Waals surface area contributed by atoms with Gasteiger partial charge in [-0.1, -0.05) is 84.4 Å². The summed E-state index contributed by atoms with van der Waals surface area (Å²) in [5.74, 6) is 0.0742. The van der Waals surface area contributed by atoms with Gasteiger partial charge < -0.3 is 5.32 Å². The average Bonchev–Trinajstić information content (AvgIpc) is 3.14. The van der Waals surface area contributed by atoms with E-state index in [1.165, 1.54) is 11.1 Å². The van der Waals surface area contributed by atoms with Crippen LogP contribution in [0.1, 0.15) is 22.6 Å². The van der Waals surface area contributed by atoms with E-state index in [4.69, 9.17) is 11.6 Å². The van der Waals surface area contributed by atoms with E-state index in [9.17, 15) is 4.79 Å². The number of carbonyl (C=O) groups is 1. The van der Waals surface area contributed by atoms with Gasteiger partial charge >= 0.3 is 0 Å². The number of allylic oxidation sites excluding steroid dienone is 1. The molecule has 2 aliphatic heterocycles. The molecule has 0 radical (unpaired) electrons. The van der Waals surface area contributed by atoms with E-state index in [0.717, 1.165) is 17.7 Å². The van der Waals surface area contributed by atoms with Crippen LogP contribution in [0.4, 0.5) is 0 Å². The molecule has 2 heterocycles. The molecule has 3 unspecified atom stereocenters. The number of fused-ring (bicyclic) bond motifs is 1. The normalized spacial score (nSPS) is 22.6. The first kappa shape index (κ1) is 19.9. The van der Waals surface area contributed by atoms with E-state index in [1.54, 1.807) is 11.1 Å². The first-order chi connectivity index (χ1) is 15.2.